The fourth-order valence-corrected chi connectivity index (χ4v) is 2.49. The lowest BCUT2D eigenvalue weighted by Gasteiger charge is -2.07. The van der Waals surface area contributed by atoms with Crippen LogP contribution in [0.4, 0.5) is 4.39 Å². The maximum atomic E-state index is 14.6. The molecule has 0 fully saturated rings. The van der Waals surface area contributed by atoms with Gasteiger partial charge in [0.25, 0.3) is 0 Å². The van der Waals surface area contributed by atoms with Gasteiger partial charge in [-0.3, -0.25) is 9.97 Å². The molecule has 3 aromatic rings. The van der Waals surface area contributed by atoms with E-state index in [0.29, 0.717) is 32.7 Å². The molecule has 116 valence electrons. The van der Waals surface area contributed by atoms with Gasteiger partial charge in [-0.15, -0.1) is 0 Å². The zero-order valence-electron chi connectivity index (χ0n) is 12.2. The quantitative estimate of drug-likeness (QED) is 0.685. The second-order valence-electron chi connectivity index (χ2n) is 4.96. The first-order valence-corrected chi connectivity index (χ1v) is 7.22. The van der Waals surface area contributed by atoms with E-state index in [1.807, 2.05) is 0 Å². The first-order chi connectivity index (χ1) is 11.1. The molecule has 0 spiro atoms. The molecule has 3 rings (SSSR count). The number of hydrogen-bond acceptors (Lipinski definition) is 4. The molecule has 0 bridgehead atoms. The number of aromatic nitrogens is 2. The Balaban J connectivity index is 1.98. The van der Waals surface area contributed by atoms with Crippen molar-refractivity contribution in [3.8, 4) is 0 Å². The van der Waals surface area contributed by atoms with Gasteiger partial charge in [-0.2, -0.15) is 0 Å². The van der Waals surface area contributed by atoms with Crippen LogP contribution in [0, 0.1) is 5.82 Å². The summed E-state index contributed by atoms with van der Waals surface area (Å²) in [4.78, 5) is 19.8. The van der Waals surface area contributed by atoms with E-state index in [1.165, 1.54) is 19.5 Å². The number of ether oxygens (including phenoxy) is 1. The lowest BCUT2D eigenvalue weighted by Crippen LogP contribution is -2.04. The van der Waals surface area contributed by atoms with Gasteiger partial charge >= 0.3 is 5.97 Å². The van der Waals surface area contributed by atoms with Gasteiger partial charge in [-0.1, -0.05) is 17.7 Å². The van der Waals surface area contributed by atoms with E-state index in [4.69, 9.17) is 11.6 Å². The summed E-state index contributed by atoms with van der Waals surface area (Å²) in [5, 5.41) is 0.735. The minimum atomic E-state index is -0.455. The Morgan fingerprint density at radius 1 is 1.26 bits per heavy atom. The third kappa shape index (κ3) is 3.14. The summed E-state index contributed by atoms with van der Waals surface area (Å²) >= 11 is 5.88. The lowest BCUT2D eigenvalue weighted by atomic mass is 10.0. The number of carbonyl (C=O) groups is 1. The number of esters is 1. The SMILES string of the molecule is COC(=O)c1ccnc(Cc2ccc3ncc(Cl)cc3c2F)c1. The number of halogens is 2. The van der Waals surface area contributed by atoms with E-state index in [2.05, 4.69) is 14.7 Å². The molecule has 0 aliphatic carbocycles. The molecule has 0 aliphatic rings. The molecule has 23 heavy (non-hydrogen) atoms. The maximum absolute atomic E-state index is 14.6. The van der Waals surface area contributed by atoms with E-state index in [9.17, 15) is 9.18 Å². The molecule has 0 atom stereocenters. The molecule has 0 radical (unpaired) electrons. The number of fused-ring (bicyclic) bond motifs is 1. The molecule has 0 aliphatic heterocycles. The monoisotopic (exact) mass is 330 g/mol. The number of carbonyl (C=O) groups excluding carboxylic acids is 1. The van der Waals surface area contributed by atoms with Gasteiger partial charge in [0, 0.05) is 29.9 Å². The van der Waals surface area contributed by atoms with Crippen molar-refractivity contribution >= 4 is 28.5 Å². The summed E-state index contributed by atoms with van der Waals surface area (Å²) in [6.45, 7) is 0. The van der Waals surface area contributed by atoms with Crippen LogP contribution in [-0.2, 0) is 11.2 Å². The molecule has 0 amide bonds. The van der Waals surface area contributed by atoms with E-state index < -0.39 is 5.97 Å². The molecule has 1 aromatic carbocycles. The first-order valence-electron chi connectivity index (χ1n) is 6.84. The van der Waals surface area contributed by atoms with Gasteiger partial charge in [0.2, 0.25) is 0 Å². The molecule has 0 saturated carbocycles. The standard InChI is InChI=1S/C17H12ClFN2O2/c1-23-17(22)11-4-5-20-13(7-11)6-10-2-3-15-14(16(10)19)8-12(18)9-21-15/h2-5,7-9H,6H2,1H3. The van der Waals surface area contributed by atoms with Crippen LogP contribution >= 0.6 is 11.6 Å². The van der Waals surface area contributed by atoms with E-state index in [1.54, 1.807) is 30.3 Å². The minimum absolute atomic E-state index is 0.249. The summed E-state index contributed by atoms with van der Waals surface area (Å²) in [6, 6.07) is 8.07. The topological polar surface area (TPSA) is 52.1 Å². The number of pyridine rings is 2. The van der Waals surface area contributed by atoms with Crippen LogP contribution in [0.3, 0.4) is 0 Å². The van der Waals surface area contributed by atoms with E-state index in [-0.39, 0.29) is 12.2 Å². The molecule has 2 aromatic heterocycles. The van der Waals surface area contributed by atoms with E-state index in [0.717, 1.165) is 0 Å². The highest BCUT2D eigenvalue weighted by Crippen LogP contribution is 2.24. The Morgan fingerprint density at radius 3 is 2.87 bits per heavy atom. The summed E-state index contributed by atoms with van der Waals surface area (Å²) in [5.74, 6) is -0.841. The van der Waals surface area contributed by atoms with Crippen LogP contribution < -0.4 is 0 Å². The van der Waals surface area contributed by atoms with Crippen molar-refractivity contribution < 1.29 is 13.9 Å². The highest BCUT2D eigenvalue weighted by atomic mass is 35.5. The van der Waals surface area contributed by atoms with Gasteiger partial charge in [-0.25, -0.2) is 9.18 Å². The van der Waals surface area contributed by atoms with Crippen molar-refractivity contribution in [1.29, 1.82) is 0 Å². The molecular formula is C17H12ClFN2O2. The normalized spacial score (nSPS) is 10.7. The summed E-state index contributed by atoms with van der Waals surface area (Å²) in [5.41, 5.74) is 1.94. The smallest absolute Gasteiger partial charge is 0.337 e. The second kappa shape index (κ2) is 6.30. The average molecular weight is 331 g/mol. The first kappa shape index (κ1) is 15.4. The van der Waals surface area contributed by atoms with Crippen LogP contribution in [0.15, 0.2) is 42.7 Å². The molecule has 0 N–H and O–H groups in total. The van der Waals surface area contributed by atoms with Gasteiger partial charge < -0.3 is 4.74 Å². The predicted molar refractivity (Wildman–Crippen MR) is 85.1 cm³/mol. The van der Waals surface area contributed by atoms with E-state index >= 15 is 0 Å². The lowest BCUT2D eigenvalue weighted by molar-refractivity contribution is 0.0600. The zero-order chi connectivity index (χ0) is 16.4. The molecule has 4 nitrogen and oxygen atoms in total. The van der Waals surface area contributed by atoms with Gasteiger partial charge in [-0.05, 0) is 29.8 Å². The average Bonchev–Trinajstić information content (AvgIpc) is 2.57. The highest BCUT2D eigenvalue weighted by Gasteiger charge is 2.12. The fraction of sp³-hybridized carbons (Fsp3) is 0.118. The second-order valence-corrected chi connectivity index (χ2v) is 5.40. The molecule has 2 heterocycles. The van der Waals surface area contributed by atoms with Crippen molar-refractivity contribution in [2.24, 2.45) is 0 Å². The summed E-state index contributed by atoms with van der Waals surface area (Å²) in [7, 11) is 1.31. The fourth-order valence-electron chi connectivity index (χ4n) is 2.34. The highest BCUT2D eigenvalue weighted by molar-refractivity contribution is 6.31. The van der Waals surface area contributed by atoms with Crippen LogP contribution in [0.2, 0.25) is 5.02 Å². The third-order valence-electron chi connectivity index (χ3n) is 3.46. The van der Waals surface area contributed by atoms with Crippen molar-refractivity contribution in [2.45, 2.75) is 6.42 Å². The van der Waals surface area contributed by atoms with Crippen molar-refractivity contribution in [3.05, 3.63) is 70.4 Å². The minimum Gasteiger partial charge on any atom is -0.465 e. The van der Waals surface area contributed by atoms with Gasteiger partial charge in [0.05, 0.1) is 23.2 Å². The van der Waals surface area contributed by atoms with Crippen LogP contribution in [-0.4, -0.2) is 23.0 Å². The van der Waals surface area contributed by atoms with Crippen LogP contribution in [0.25, 0.3) is 10.9 Å². The zero-order valence-corrected chi connectivity index (χ0v) is 13.0. The van der Waals surface area contributed by atoms with Crippen molar-refractivity contribution in [3.63, 3.8) is 0 Å². The Labute approximate surface area is 136 Å². The Bertz CT molecular complexity index is 899. The van der Waals surface area contributed by atoms with Gasteiger partial charge in [0.1, 0.15) is 5.82 Å². The Hall–Kier alpha value is -2.53. The molecule has 6 heteroatoms. The molecular weight excluding hydrogens is 319 g/mol. The largest absolute Gasteiger partial charge is 0.465 e. The molecule has 0 unspecified atom stereocenters. The third-order valence-corrected chi connectivity index (χ3v) is 3.66. The van der Waals surface area contributed by atoms with Crippen LogP contribution in [0.5, 0.6) is 0 Å². The number of methoxy groups -OCH3 is 1. The van der Waals surface area contributed by atoms with Crippen LogP contribution in [0.1, 0.15) is 21.6 Å². The van der Waals surface area contributed by atoms with Crippen molar-refractivity contribution in [2.75, 3.05) is 7.11 Å². The number of nitrogens with zero attached hydrogens (tertiary/aromatic N) is 2. The predicted octanol–water partition coefficient (Wildman–Crippen LogP) is 3.80. The maximum Gasteiger partial charge on any atom is 0.337 e. The summed E-state index contributed by atoms with van der Waals surface area (Å²) in [6.07, 6.45) is 3.22. The number of benzene rings is 1. The Morgan fingerprint density at radius 2 is 2.09 bits per heavy atom. The number of rotatable bonds is 3. The van der Waals surface area contributed by atoms with Gasteiger partial charge in [0.15, 0.2) is 0 Å². The van der Waals surface area contributed by atoms with Crippen molar-refractivity contribution in [1.82, 2.24) is 9.97 Å². The molecule has 0 saturated heterocycles. The Kier molecular flexibility index (Phi) is 4.21. The summed E-state index contributed by atoms with van der Waals surface area (Å²) < 4.78 is 19.3. The number of hydrogen-bond donors (Lipinski definition) is 0.